The molecule has 1 aliphatic rings. The molecule has 2 heterocycles. The fraction of sp³-hybridized carbons (Fsp3) is 0.588. The predicted molar refractivity (Wildman–Crippen MR) is 100 cm³/mol. The lowest BCUT2D eigenvalue weighted by Gasteiger charge is -2.39. The minimum Gasteiger partial charge on any atom is -0.406 e. The normalized spacial score (nSPS) is 21.3. The number of rotatable bonds is 3. The first kappa shape index (κ1) is 18.6. The highest BCUT2D eigenvalue weighted by atomic mass is 35.5. The minimum atomic E-state index is -2.93. The summed E-state index contributed by atoms with van der Waals surface area (Å²) in [6.45, 7) is 9.81. The van der Waals surface area contributed by atoms with Crippen LogP contribution in [0.5, 0.6) is 0 Å². The number of H-pyrrole nitrogens is 1. The van der Waals surface area contributed by atoms with E-state index >= 15 is 0 Å². The van der Waals surface area contributed by atoms with Gasteiger partial charge in [-0.25, -0.2) is 8.78 Å². The smallest absolute Gasteiger partial charge is 0.291 e. The average Bonchev–Trinajstić information content (AvgIpc) is 3.00. The molecule has 0 saturated carbocycles. The highest BCUT2D eigenvalue weighted by molar-refractivity contribution is 6.74. The Kier molecular flexibility index (Phi) is 4.41. The van der Waals surface area contributed by atoms with Gasteiger partial charge in [0.15, 0.2) is 14.1 Å². The molecule has 1 N–H and O–H groups in total. The summed E-state index contributed by atoms with van der Waals surface area (Å²) in [7, 11) is -2.30. The van der Waals surface area contributed by atoms with Gasteiger partial charge in [0.2, 0.25) is 0 Å². The summed E-state index contributed by atoms with van der Waals surface area (Å²) in [6, 6.07) is 5.37. The Balaban J connectivity index is 1.89. The van der Waals surface area contributed by atoms with Crippen molar-refractivity contribution in [3.63, 3.8) is 0 Å². The third kappa shape index (κ3) is 3.29. The van der Waals surface area contributed by atoms with Gasteiger partial charge in [-0.05, 0) is 30.3 Å². The van der Waals surface area contributed by atoms with Crippen molar-refractivity contribution >= 4 is 36.6 Å². The van der Waals surface area contributed by atoms with Crippen molar-refractivity contribution < 1.29 is 13.2 Å². The lowest BCUT2D eigenvalue weighted by Crippen LogP contribution is -2.48. The first-order valence-electron chi connectivity index (χ1n) is 8.35. The standard InChI is InChI=1S/C17H24ClF2N3OSi/c1-16(2,3)25(4,5)24-13-9-23(10-17(13,19)20)15-14-11(18)7-6-8-12(14)21-22-15/h6-8,13H,9-10H2,1-5H3,(H,21,22). The van der Waals surface area contributed by atoms with Crippen molar-refractivity contribution in [2.24, 2.45) is 0 Å². The number of fused-ring (bicyclic) bond motifs is 1. The quantitative estimate of drug-likeness (QED) is 0.748. The van der Waals surface area contributed by atoms with Gasteiger partial charge >= 0.3 is 0 Å². The number of aromatic amines is 1. The summed E-state index contributed by atoms with van der Waals surface area (Å²) in [5, 5.41) is 8.14. The van der Waals surface area contributed by atoms with Crippen LogP contribution in [0.2, 0.25) is 23.2 Å². The molecule has 0 bridgehead atoms. The summed E-state index contributed by atoms with van der Waals surface area (Å²) < 4.78 is 35.3. The highest BCUT2D eigenvalue weighted by Gasteiger charge is 2.53. The van der Waals surface area contributed by atoms with Crippen LogP contribution in [-0.2, 0) is 4.43 Å². The van der Waals surface area contributed by atoms with Gasteiger partial charge in [-0.3, -0.25) is 5.10 Å². The van der Waals surface area contributed by atoms with Gasteiger partial charge in [0.25, 0.3) is 5.92 Å². The third-order valence-corrected chi connectivity index (χ3v) is 10.1. The van der Waals surface area contributed by atoms with Gasteiger partial charge in [-0.1, -0.05) is 38.4 Å². The van der Waals surface area contributed by atoms with Crippen LogP contribution >= 0.6 is 11.6 Å². The van der Waals surface area contributed by atoms with Crippen LogP contribution in [0.4, 0.5) is 14.6 Å². The first-order valence-corrected chi connectivity index (χ1v) is 11.6. The van der Waals surface area contributed by atoms with E-state index < -0.39 is 26.9 Å². The molecule has 1 fully saturated rings. The number of nitrogens with one attached hydrogen (secondary N) is 1. The summed E-state index contributed by atoms with van der Waals surface area (Å²) in [6.07, 6.45) is -1.14. The van der Waals surface area contributed by atoms with Crippen LogP contribution < -0.4 is 4.90 Å². The molecule has 0 amide bonds. The molecule has 1 aliphatic heterocycles. The summed E-state index contributed by atoms with van der Waals surface area (Å²) in [5.74, 6) is -2.47. The molecule has 0 aliphatic carbocycles. The summed E-state index contributed by atoms with van der Waals surface area (Å²) in [4.78, 5) is 1.57. The van der Waals surface area contributed by atoms with Crippen LogP contribution in [0, 0.1) is 0 Å². The molecular weight excluding hydrogens is 364 g/mol. The molecule has 8 heteroatoms. The Labute approximate surface area is 152 Å². The second kappa shape index (κ2) is 5.92. The Bertz CT molecular complexity index is 788. The zero-order valence-electron chi connectivity index (χ0n) is 15.2. The van der Waals surface area contributed by atoms with Crippen LogP contribution in [0.15, 0.2) is 18.2 Å². The molecule has 0 radical (unpaired) electrons. The van der Waals surface area contributed by atoms with Crippen LogP contribution in [-0.4, -0.2) is 43.6 Å². The molecule has 1 atom stereocenters. The fourth-order valence-corrected chi connectivity index (χ4v) is 4.39. The van der Waals surface area contributed by atoms with E-state index in [4.69, 9.17) is 16.0 Å². The predicted octanol–water partition coefficient (Wildman–Crippen LogP) is 5.06. The SMILES string of the molecule is CC(C)(C)[Si](C)(C)OC1CN(c2n[nH]c3cccc(Cl)c23)CC1(F)F. The average molecular weight is 388 g/mol. The number of alkyl halides is 2. The Morgan fingerprint density at radius 1 is 1.36 bits per heavy atom. The van der Waals surface area contributed by atoms with Gasteiger partial charge in [0.1, 0.15) is 6.10 Å². The maximum absolute atomic E-state index is 14.7. The molecule has 1 aromatic heterocycles. The van der Waals surface area contributed by atoms with E-state index in [1.807, 2.05) is 39.9 Å². The van der Waals surface area contributed by atoms with E-state index in [0.29, 0.717) is 16.2 Å². The van der Waals surface area contributed by atoms with Gasteiger partial charge in [0.05, 0.1) is 29.0 Å². The molecule has 25 heavy (non-hydrogen) atoms. The zero-order valence-corrected chi connectivity index (χ0v) is 16.9. The van der Waals surface area contributed by atoms with E-state index in [-0.39, 0.29) is 11.6 Å². The van der Waals surface area contributed by atoms with Crippen molar-refractivity contribution in [2.75, 3.05) is 18.0 Å². The molecular formula is C17H24ClF2N3OSi. The second-order valence-electron chi connectivity index (χ2n) is 8.22. The molecule has 2 aromatic rings. The maximum atomic E-state index is 14.7. The van der Waals surface area contributed by atoms with E-state index in [1.165, 1.54) is 0 Å². The van der Waals surface area contributed by atoms with E-state index in [1.54, 1.807) is 17.0 Å². The van der Waals surface area contributed by atoms with Crippen LogP contribution in [0.1, 0.15) is 20.8 Å². The minimum absolute atomic E-state index is 0.102. The summed E-state index contributed by atoms with van der Waals surface area (Å²) >= 11 is 6.26. The van der Waals surface area contributed by atoms with Gasteiger partial charge in [-0.2, -0.15) is 5.10 Å². The number of halogens is 3. The van der Waals surface area contributed by atoms with Crippen molar-refractivity contribution in [2.45, 2.75) is 50.9 Å². The number of benzene rings is 1. The van der Waals surface area contributed by atoms with Crippen molar-refractivity contribution in [1.82, 2.24) is 10.2 Å². The molecule has 1 aromatic carbocycles. The zero-order chi connectivity index (χ0) is 18.6. The Morgan fingerprint density at radius 3 is 2.68 bits per heavy atom. The van der Waals surface area contributed by atoms with E-state index in [2.05, 4.69) is 10.2 Å². The van der Waals surface area contributed by atoms with Gasteiger partial charge < -0.3 is 9.33 Å². The number of hydrogen-bond acceptors (Lipinski definition) is 3. The number of aromatic nitrogens is 2. The molecule has 3 rings (SSSR count). The largest absolute Gasteiger partial charge is 0.406 e. The highest BCUT2D eigenvalue weighted by Crippen LogP contribution is 2.42. The number of hydrogen-bond donors (Lipinski definition) is 1. The van der Waals surface area contributed by atoms with Crippen molar-refractivity contribution in [1.29, 1.82) is 0 Å². The lowest BCUT2D eigenvalue weighted by atomic mass is 10.2. The Hall–Kier alpha value is -1.18. The molecule has 0 spiro atoms. The van der Waals surface area contributed by atoms with Crippen molar-refractivity contribution in [3.8, 4) is 0 Å². The second-order valence-corrected chi connectivity index (χ2v) is 13.4. The third-order valence-electron chi connectivity index (χ3n) is 5.32. The number of nitrogens with zero attached hydrogens (tertiary/aromatic N) is 2. The van der Waals surface area contributed by atoms with E-state index in [0.717, 1.165) is 5.52 Å². The maximum Gasteiger partial charge on any atom is 0.291 e. The monoisotopic (exact) mass is 387 g/mol. The van der Waals surface area contributed by atoms with Gasteiger partial charge in [0, 0.05) is 0 Å². The van der Waals surface area contributed by atoms with Crippen LogP contribution in [0.25, 0.3) is 10.9 Å². The lowest BCUT2D eigenvalue weighted by molar-refractivity contribution is -0.0648. The van der Waals surface area contributed by atoms with E-state index in [9.17, 15) is 8.78 Å². The fourth-order valence-electron chi connectivity index (χ4n) is 2.81. The molecule has 138 valence electrons. The molecule has 1 saturated heterocycles. The first-order chi connectivity index (χ1) is 11.4. The molecule has 4 nitrogen and oxygen atoms in total. The summed E-state index contributed by atoms with van der Waals surface area (Å²) in [5.41, 5.74) is 0.736. The van der Waals surface area contributed by atoms with Crippen LogP contribution in [0.3, 0.4) is 0 Å². The van der Waals surface area contributed by atoms with Crippen molar-refractivity contribution in [3.05, 3.63) is 23.2 Å². The molecule has 1 unspecified atom stereocenters. The Morgan fingerprint density at radius 2 is 2.04 bits per heavy atom. The number of anilines is 1. The topological polar surface area (TPSA) is 41.1 Å². The van der Waals surface area contributed by atoms with Gasteiger partial charge in [-0.15, -0.1) is 0 Å².